The van der Waals surface area contributed by atoms with Gasteiger partial charge < -0.3 is 20.5 Å². The summed E-state index contributed by atoms with van der Waals surface area (Å²) in [4.78, 5) is 23.6. The quantitative estimate of drug-likeness (QED) is 0.470. The summed E-state index contributed by atoms with van der Waals surface area (Å²) in [6, 6.07) is 4.54. The summed E-state index contributed by atoms with van der Waals surface area (Å²) < 4.78 is 31.2. The number of nitrogens with zero attached hydrogens (tertiary/aromatic N) is 1. The molecule has 1 aliphatic heterocycles. The van der Waals surface area contributed by atoms with Crippen LogP contribution in [0.15, 0.2) is 18.2 Å². The zero-order chi connectivity index (χ0) is 19.2. The van der Waals surface area contributed by atoms with Crippen molar-refractivity contribution in [1.82, 2.24) is 5.32 Å². The lowest BCUT2D eigenvalue weighted by Gasteiger charge is -2.29. The molecule has 1 aliphatic rings. The van der Waals surface area contributed by atoms with E-state index in [4.69, 9.17) is 9.84 Å². The standard InChI is InChI=1S/C16H23N3O6S/c1-25-14-6-5-12(18-16(22)15(21)17-7-4-9-20)11-13(14)19-8-2-3-10-26(19,23)24/h5-6,11,20H,2-4,7-10H2,1H3,(H,17,21)(H,18,22). The molecule has 1 aromatic rings. The average Bonchev–Trinajstić information content (AvgIpc) is 2.61. The number of anilines is 2. The lowest BCUT2D eigenvalue weighted by Crippen LogP contribution is -2.38. The summed E-state index contributed by atoms with van der Waals surface area (Å²) >= 11 is 0. The molecule has 2 rings (SSSR count). The molecule has 1 aromatic carbocycles. The predicted molar refractivity (Wildman–Crippen MR) is 96.7 cm³/mol. The Morgan fingerprint density at radius 3 is 2.69 bits per heavy atom. The van der Waals surface area contributed by atoms with Crippen molar-refractivity contribution >= 4 is 33.2 Å². The molecule has 2 amide bonds. The van der Waals surface area contributed by atoms with Crippen LogP contribution in [0.2, 0.25) is 0 Å². The normalized spacial score (nSPS) is 16.0. The van der Waals surface area contributed by atoms with Crippen molar-refractivity contribution in [2.75, 3.05) is 42.2 Å². The summed E-state index contributed by atoms with van der Waals surface area (Å²) in [6.07, 6.45) is 1.68. The lowest BCUT2D eigenvalue weighted by atomic mass is 10.2. The van der Waals surface area contributed by atoms with Gasteiger partial charge in [-0.15, -0.1) is 0 Å². The van der Waals surface area contributed by atoms with Crippen LogP contribution >= 0.6 is 0 Å². The van der Waals surface area contributed by atoms with Gasteiger partial charge in [0.2, 0.25) is 10.0 Å². The Kier molecular flexibility index (Phi) is 6.81. The number of sulfonamides is 1. The van der Waals surface area contributed by atoms with Crippen molar-refractivity contribution in [3.63, 3.8) is 0 Å². The van der Waals surface area contributed by atoms with Gasteiger partial charge in [-0.05, 0) is 37.5 Å². The number of benzene rings is 1. The number of nitrogens with one attached hydrogen (secondary N) is 2. The van der Waals surface area contributed by atoms with E-state index in [1.165, 1.54) is 23.5 Å². The summed E-state index contributed by atoms with van der Waals surface area (Å²) in [5, 5.41) is 13.5. The van der Waals surface area contributed by atoms with E-state index < -0.39 is 21.8 Å². The van der Waals surface area contributed by atoms with Gasteiger partial charge in [0.15, 0.2) is 0 Å². The molecule has 1 fully saturated rings. The highest BCUT2D eigenvalue weighted by atomic mass is 32.2. The monoisotopic (exact) mass is 385 g/mol. The third-order valence-corrected chi connectivity index (χ3v) is 5.74. The van der Waals surface area contributed by atoms with Crippen molar-refractivity contribution in [3.05, 3.63) is 18.2 Å². The molecule has 3 N–H and O–H groups in total. The van der Waals surface area contributed by atoms with Crippen molar-refractivity contribution < 1.29 is 27.9 Å². The van der Waals surface area contributed by atoms with E-state index in [0.29, 0.717) is 30.8 Å². The molecule has 144 valence electrons. The van der Waals surface area contributed by atoms with Crippen molar-refractivity contribution in [2.45, 2.75) is 19.3 Å². The molecule has 26 heavy (non-hydrogen) atoms. The van der Waals surface area contributed by atoms with E-state index in [9.17, 15) is 18.0 Å². The van der Waals surface area contributed by atoms with Crippen LogP contribution in [0.3, 0.4) is 0 Å². The van der Waals surface area contributed by atoms with E-state index in [2.05, 4.69) is 10.6 Å². The van der Waals surface area contributed by atoms with Crippen LogP contribution < -0.4 is 19.7 Å². The third kappa shape index (κ3) is 4.85. The minimum atomic E-state index is -3.45. The van der Waals surface area contributed by atoms with Gasteiger partial charge in [0.1, 0.15) is 5.75 Å². The van der Waals surface area contributed by atoms with Gasteiger partial charge in [-0.1, -0.05) is 0 Å². The molecule has 0 saturated carbocycles. The first-order chi connectivity index (χ1) is 12.4. The minimum Gasteiger partial charge on any atom is -0.495 e. The molecule has 1 saturated heterocycles. The van der Waals surface area contributed by atoms with Crippen LogP contribution in [0.1, 0.15) is 19.3 Å². The second kappa shape index (κ2) is 8.86. The molecule has 0 unspecified atom stereocenters. The Balaban J connectivity index is 2.18. The number of methoxy groups -OCH3 is 1. The van der Waals surface area contributed by atoms with Crippen LogP contribution in [0.4, 0.5) is 11.4 Å². The van der Waals surface area contributed by atoms with Gasteiger partial charge in [0.05, 0.1) is 18.6 Å². The Bertz CT molecular complexity index is 765. The van der Waals surface area contributed by atoms with Crippen LogP contribution in [0, 0.1) is 0 Å². The highest BCUT2D eigenvalue weighted by Gasteiger charge is 2.28. The van der Waals surface area contributed by atoms with Crippen LogP contribution in [-0.4, -0.2) is 57.9 Å². The molecular formula is C16H23N3O6S. The number of hydrogen-bond acceptors (Lipinski definition) is 6. The van der Waals surface area contributed by atoms with Gasteiger partial charge in [0, 0.05) is 25.4 Å². The first-order valence-corrected chi connectivity index (χ1v) is 9.88. The maximum atomic E-state index is 12.3. The fourth-order valence-corrected chi connectivity index (χ4v) is 4.21. The number of carbonyl (C=O) groups excluding carboxylic acids is 2. The number of hydrogen-bond donors (Lipinski definition) is 3. The molecule has 0 atom stereocenters. The highest BCUT2D eigenvalue weighted by molar-refractivity contribution is 7.92. The number of amides is 2. The van der Waals surface area contributed by atoms with Crippen LogP contribution in [0.25, 0.3) is 0 Å². The first-order valence-electron chi connectivity index (χ1n) is 8.27. The van der Waals surface area contributed by atoms with Crippen LogP contribution in [-0.2, 0) is 19.6 Å². The fraction of sp³-hybridized carbons (Fsp3) is 0.500. The Hall–Kier alpha value is -2.33. The Labute approximate surface area is 152 Å². The maximum Gasteiger partial charge on any atom is 0.313 e. The molecule has 0 spiro atoms. The first kappa shape index (κ1) is 20.0. The number of rotatable bonds is 6. The van der Waals surface area contributed by atoms with Crippen molar-refractivity contribution in [1.29, 1.82) is 0 Å². The third-order valence-electron chi connectivity index (χ3n) is 3.88. The smallest absolute Gasteiger partial charge is 0.313 e. The molecule has 9 nitrogen and oxygen atoms in total. The summed E-state index contributed by atoms with van der Waals surface area (Å²) in [6.45, 7) is 0.425. The largest absolute Gasteiger partial charge is 0.495 e. The molecule has 0 bridgehead atoms. The predicted octanol–water partition coefficient (Wildman–Crippen LogP) is 0.0623. The summed E-state index contributed by atoms with van der Waals surface area (Å²) in [5.74, 6) is -1.29. The summed E-state index contributed by atoms with van der Waals surface area (Å²) in [5.41, 5.74) is 0.606. The van der Waals surface area contributed by atoms with E-state index >= 15 is 0 Å². The number of ether oxygens (including phenoxy) is 1. The van der Waals surface area contributed by atoms with E-state index in [1.807, 2.05) is 0 Å². The van der Waals surface area contributed by atoms with Crippen LogP contribution in [0.5, 0.6) is 5.75 Å². The summed E-state index contributed by atoms with van der Waals surface area (Å²) in [7, 11) is -2.02. The lowest BCUT2D eigenvalue weighted by molar-refractivity contribution is -0.136. The van der Waals surface area contributed by atoms with Gasteiger partial charge >= 0.3 is 11.8 Å². The molecule has 0 radical (unpaired) electrons. The fourth-order valence-electron chi connectivity index (χ4n) is 2.57. The second-order valence-corrected chi connectivity index (χ2v) is 7.78. The van der Waals surface area contributed by atoms with Crippen molar-refractivity contribution in [3.8, 4) is 5.75 Å². The molecule has 10 heteroatoms. The Morgan fingerprint density at radius 1 is 1.27 bits per heavy atom. The molecule has 1 heterocycles. The second-order valence-electron chi connectivity index (χ2n) is 5.77. The van der Waals surface area contributed by atoms with Gasteiger partial charge in [-0.25, -0.2) is 8.42 Å². The topological polar surface area (TPSA) is 125 Å². The number of aliphatic hydroxyl groups is 1. The van der Waals surface area contributed by atoms with Gasteiger partial charge in [0.25, 0.3) is 0 Å². The SMILES string of the molecule is COc1ccc(NC(=O)C(=O)NCCCO)cc1N1CCCCS1(=O)=O. The average molecular weight is 385 g/mol. The number of carbonyl (C=O) groups is 2. The molecular weight excluding hydrogens is 362 g/mol. The van der Waals surface area contributed by atoms with Gasteiger partial charge in [-0.2, -0.15) is 0 Å². The maximum absolute atomic E-state index is 12.3. The number of aliphatic hydroxyl groups excluding tert-OH is 1. The zero-order valence-electron chi connectivity index (χ0n) is 14.5. The molecule has 0 aliphatic carbocycles. The minimum absolute atomic E-state index is 0.0556. The molecule has 0 aromatic heterocycles. The Morgan fingerprint density at radius 2 is 2.04 bits per heavy atom. The van der Waals surface area contributed by atoms with E-state index in [1.54, 1.807) is 6.07 Å². The zero-order valence-corrected chi connectivity index (χ0v) is 15.3. The van der Waals surface area contributed by atoms with Crippen molar-refractivity contribution in [2.24, 2.45) is 0 Å². The van der Waals surface area contributed by atoms with E-state index in [-0.39, 0.29) is 24.6 Å². The van der Waals surface area contributed by atoms with Gasteiger partial charge in [-0.3, -0.25) is 13.9 Å². The van der Waals surface area contributed by atoms with E-state index in [0.717, 1.165) is 6.42 Å². The highest BCUT2D eigenvalue weighted by Crippen LogP contribution is 2.35.